The second-order valence-electron chi connectivity index (χ2n) is 9.04. The molecule has 0 saturated heterocycles. The maximum Gasteiger partial charge on any atom is 0.433 e. The molecule has 0 saturated carbocycles. The van der Waals surface area contributed by atoms with Gasteiger partial charge in [0.25, 0.3) is 0 Å². The van der Waals surface area contributed by atoms with Gasteiger partial charge in [-0.25, -0.2) is 15.0 Å². The zero-order valence-corrected chi connectivity index (χ0v) is 20.3. The number of likely N-dealkylation sites (N-methyl/N-ethyl adjacent to an activating group) is 1. The first kappa shape index (κ1) is 26.4. The number of carbonyl (C=O) groups is 1. The summed E-state index contributed by atoms with van der Waals surface area (Å²) in [7, 11) is 1.42. The summed E-state index contributed by atoms with van der Waals surface area (Å²) in [6, 6.07) is 3.71. The van der Waals surface area contributed by atoms with E-state index in [0.717, 1.165) is 18.3 Å². The molecule has 0 spiro atoms. The number of aryl methyl sites for hydroxylation is 1. The quantitative estimate of drug-likeness (QED) is 0.438. The number of pyridine rings is 2. The average molecular weight is 553 g/mol. The van der Waals surface area contributed by atoms with Crippen molar-refractivity contribution in [1.29, 1.82) is 0 Å². The monoisotopic (exact) mass is 553 g/mol. The Kier molecular flexibility index (Phi) is 6.68. The Morgan fingerprint density at radius 3 is 2.49 bits per heavy atom. The van der Waals surface area contributed by atoms with Crippen LogP contribution in [0.15, 0.2) is 36.7 Å². The van der Waals surface area contributed by atoms with Crippen molar-refractivity contribution in [2.45, 2.75) is 44.2 Å². The van der Waals surface area contributed by atoms with E-state index in [9.17, 15) is 31.1 Å². The highest BCUT2D eigenvalue weighted by molar-refractivity contribution is 6.05. The number of aromatic nitrogens is 4. The Bertz CT molecular complexity index is 1360. The molecule has 39 heavy (non-hydrogen) atoms. The van der Waals surface area contributed by atoms with E-state index in [0.29, 0.717) is 36.3 Å². The van der Waals surface area contributed by atoms with E-state index in [1.165, 1.54) is 29.1 Å². The van der Waals surface area contributed by atoms with Crippen molar-refractivity contribution in [1.82, 2.24) is 19.9 Å². The van der Waals surface area contributed by atoms with Crippen molar-refractivity contribution in [2.75, 3.05) is 28.7 Å². The van der Waals surface area contributed by atoms with Crippen molar-refractivity contribution in [3.8, 4) is 11.6 Å². The van der Waals surface area contributed by atoms with Gasteiger partial charge in [0, 0.05) is 32.4 Å². The molecule has 0 unspecified atom stereocenters. The average Bonchev–Trinajstić information content (AvgIpc) is 2.88. The highest BCUT2D eigenvalue weighted by Gasteiger charge is 2.46. The number of hydrogen-bond donors (Lipinski definition) is 1. The number of ether oxygens (including phenoxy) is 1. The third kappa shape index (κ3) is 5.66. The Hall–Kier alpha value is -4.17. The predicted octanol–water partition coefficient (Wildman–Crippen LogP) is 4.74. The molecule has 0 radical (unpaired) electrons. The van der Waals surface area contributed by atoms with Crippen molar-refractivity contribution in [3.63, 3.8) is 0 Å². The van der Waals surface area contributed by atoms with E-state index in [1.807, 2.05) is 0 Å². The molecule has 2 aliphatic heterocycles. The molecule has 2 aliphatic rings. The summed E-state index contributed by atoms with van der Waals surface area (Å²) in [5.41, 5.74) is 0.664. The van der Waals surface area contributed by atoms with Crippen LogP contribution in [0.3, 0.4) is 0 Å². The summed E-state index contributed by atoms with van der Waals surface area (Å²) in [5, 5.41) is 3.04. The number of nitrogens with one attached hydrogen (secondary N) is 1. The van der Waals surface area contributed by atoms with Crippen LogP contribution in [0.5, 0.6) is 11.6 Å². The molecule has 9 nitrogen and oxygen atoms in total. The summed E-state index contributed by atoms with van der Waals surface area (Å²) >= 11 is 0. The largest absolute Gasteiger partial charge is 0.437 e. The SMILES string of the molecule is CN1c2nc(NCc3ccc(Oc4ccc(C(F)(F)F)nc4)nc3)nc3c2N(CCC3)C(=O)[C@@H]1CC(F)(F)F. The first-order chi connectivity index (χ1) is 18.4. The van der Waals surface area contributed by atoms with Crippen LogP contribution < -0.4 is 19.9 Å². The number of hydrogen-bond acceptors (Lipinski definition) is 8. The Balaban J connectivity index is 1.29. The molecule has 0 bridgehead atoms. The van der Waals surface area contributed by atoms with E-state index < -0.39 is 36.4 Å². The summed E-state index contributed by atoms with van der Waals surface area (Å²) in [5.74, 6) is 0.0416. The van der Waals surface area contributed by atoms with Gasteiger partial charge in [-0.1, -0.05) is 6.07 Å². The van der Waals surface area contributed by atoms with Crippen LogP contribution in [0, 0.1) is 0 Å². The minimum Gasteiger partial charge on any atom is -0.437 e. The fourth-order valence-corrected chi connectivity index (χ4v) is 4.42. The van der Waals surface area contributed by atoms with Crippen LogP contribution in [-0.4, -0.2) is 51.7 Å². The standard InChI is InChI=1S/C24H21F6N7O2/c1-36-16(9-23(25,26)27)21(38)37-8-2-3-15-19(37)20(36)35-22(34-15)33-11-13-4-7-18(32-10-13)39-14-5-6-17(31-12-14)24(28,29)30/h4-7,10,12,16H,2-3,8-9,11H2,1H3,(H,33,34,35)/t16-/m0/s1. The molecule has 15 heteroatoms. The van der Waals surface area contributed by atoms with Gasteiger partial charge in [-0.15, -0.1) is 0 Å². The van der Waals surface area contributed by atoms with Gasteiger partial charge in [-0.05, 0) is 30.5 Å². The van der Waals surface area contributed by atoms with Gasteiger partial charge < -0.3 is 19.9 Å². The van der Waals surface area contributed by atoms with Gasteiger partial charge in [0.05, 0.1) is 18.3 Å². The molecule has 3 aromatic heterocycles. The van der Waals surface area contributed by atoms with Crippen LogP contribution in [0.4, 0.5) is 43.8 Å². The summed E-state index contributed by atoms with van der Waals surface area (Å²) in [6.45, 7) is 0.519. The Labute approximate surface area is 217 Å². The zero-order chi connectivity index (χ0) is 27.9. The van der Waals surface area contributed by atoms with E-state index in [1.54, 1.807) is 6.07 Å². The third-order valence-corrected chi connectivity index (χ3v) is 6.28. The second kappa shape index (κ2) is 9.85. The van der Waals surface area contributed by atoms with Gasteiger partial charge in [0.2, 0.25) is 17.7 Å². The van der Waals surface area contributed by atoms with Crippen LogP contribution in [-0.2, 0) is 23.9 Å². The molecular formula is C24H21F6N7O2. The van der Waals surface area contributed by atoms with E-state index in [4.69, 9.17) is 4.74 Å². The predicted molar refractivity (Wildman–Crippen MR) is 126 cm³/mol. The van der Waals surface area contributed by atoms with Gasteiger partial charge in [0.1, 0.15) is 23.2 Å². The van der Waals surface area contributed by atoms with Crippen molar-refractivity contribution < 1.29 is 35.9 Å². The molecule has 0 aliphatic carbocycles. The number of rotatable bonds is 6. The highest BCUT2D eigenvalue weighted by Crippen LogP contribution is 2.42. The summed E-state index contributed by atoms with van der Waals surface area (Å²) in [6.07, 6.45) is -6.82. The molecule has 5 rings (SSSR count). The lowest BCUT2D eigenvalue weighted by molar-refractivity contribution is -0.146. The van der Waals surface area contributed by atoms with Crippen LogP contribution >= 0.6 is 0 Å². The minimum atomic E-state index is -4.55. The topological polar surface area (TPSA) is 96.4 Å². The number of nitrogens with zero attached hydrogens (tertiary/aromatic N) is 6. The zero-order valence-electron chi connectivity index (χ0n) is 20.3. The molecule has 5 heterocycles. The van der Waals surface area contributed by atoms with Crippen LogP contribution in [0.1, 0.15) is 29.8 Å². The number of halogens is 6. The first-order valence-corrected chi connectivity index (χ1v) is 11.8. The summed E-state index contributed by atoms with van der Waals surface area (Å²) in [4.78, 5) is 31.8. The first-order valence-electron chi connectivity index (χ1n) is 11.8. The van der Waals surface area contributed by atoms with Gasteiger partial charge in [-0.2, -0.15) is 31.3 Å². The van der Waals surface area contributed by atoms with E-state index >= 15 is 0 Å². The molecule has 3 aromatic rings. The molecular weight excluding hydrogens is 532 g/mol. The summed E-state index contributed by atoms with van der Waals surface area (Å²) < 4.78 is 82.9. The second-order valence-corrected chi connectivity index (χ2v) is 9.04. The molecule has 0 fully saturated rings. The number of alkyl halides is 6. The lowest BCUT2D eigenvalue weighted by Gasteiger charge is -2.42. The maximum absolute atomic E-state index is 13.2. The van der Waals surface area contributed by atoms with E-state index in [-0.39, 0.29) is 29.9 Å². The van der Waals surface area contributed by atoms with Crippen molar-refractivity contribution in [2.24, 2.45) is 0 Å². The third-order valence-electron chi connectivity index (χ3n) is 6.28. The lowest BCUT2D eigenvalue weighted by atomic mass is 10.0. The minimum absolute atomic E-state index is 0.0817. The maximum atomic E-state index is 13.2. The van der Waals surface area contributed by atoms with Crippen LogP contribution in [0.2, 0.25) is 0 Å². The fourth-order valence-electron chi connectivity index (χ4n) is 4.42. The smallest absolute Gasteiger partial charge is 0.433 e. The van der Waals surface area contributed by atoms with Gasteiger partial charge >= 0.3 is 12.4 Å². The highest BCUT2D eigenvalue weighted by atomic mass is 19.4. The molecule has 206 valence electrons. The molecule has 0 aromatic carbocycles. The van der Waals surface area contributed by atoms with Crippen LogP contribution in [0.25, 0.3) is 0 Å². The van der Waals surface area contributed by atoms with Gasteiger partial charge in [0.15, 0.2) is 5.82 Å². The molecule has 1 amide bonds. The fraction of sp³-hybridized carbons (Fsp3) is 0.375. The van der Waals surface area contributed by atoms with Crippen molar-refractivity contribution >= 4 is 23.4 Å². The molecule has 1 N–H and O–H groups in total. The number of amides is 1. The Morgan fingerprint density at radius 2 is 1.85 bits per heavy atom. The van der Waals surface area contributed by atoms with Crippen molar-refractivity contribution in [3.05, 3.63) is 53.6 Å². The molecule has 1 atom stereocenters. The number of carbonyl (C=O) groups excluding carboxylic acids is 1. The number of anilines is 3. The lowest BCUT2D eigenvalue weighted by Crippen LogP contribution is -2.55. The van der Waals surface area contributed by atoms with E-state index in [2.05, 4.69) is 25.3 Å². The normalized spacial score (nSPS) is 17.2. The van der Waals surface area contributed by atoms with Gasteiger partial charge in [-0.3, -0.25) is 4.79 Å². The Morgan fingerprint density at radius 1 is 1.05 bits per heavy atom.